The number of carbonyl (C=O) groups excluding carboxylic acids is 1. The van der Waals surface area contributed by atoms with Crippen LogP contribution < -0.4 is 5.73 Å². The molecular weight excluding hydrogens is 243 g/mol. The quantitative estimate of drug-likeness (QED) is 0.888. The number of hydrogen-bond donors (Lipinski definition) is 1. The molecule has 1 unspecified atom stereocenters. The van der Waals surface area contributed by atoms with E-state index in [9.17, 15) is 9.18 Å². The van der Waals surface area contributed by atoms with Crippen LogP contribution in [0.15, 0.2) is 18.2 Å². The number of benzene rings is 1. The maximum absolute atomic E-state index is 13.9. The molecule has 2 rings (SSSR count). The number of nitrogens with zero attached hydrogens (tertiary/aromatic N) is 1. The van der Waals surface area contributed by atoms with Crippen molar-refractivity contribution >= 4 is 5.91 Å². The summed E-state index contributed by atoms with van der Waals surface area (Å²) in [5, 5.41) is 0. The third kappa shape index (κ3) is 3.32. The van der Waals surface area contributed by atoms with Crippen LogP contribution in [0.1, 0.15) is 37.3 Å². The zero-order chi connectivity index (χ0) is 13.8. The first-order valence-electron chi connectivity index (χ1n) is 6.89. The third-order valence-electron chi connectivity index (χ3n) is 3.71. The van der Waals surface area contributed by atoms with Gasteiger partial charge in [0.2, 0.25) is 5.91 Å². The Balaban J connectivity index is 2.03. The Hall–Kier alpha value is -1.42. The molecule has 0 aliphatic carbocycles. The summed E-state index contributed by atoms with van der Waals surface area (Å²) in [6.45, 7) is 3.58. The maximum Gasteiger partial charge on any atom is 0.223 e. The summed E-state index contributed by atoms with van der Waals surface area (Å²) in [5.41, 5.74) is 6.82. The van der Waals surface area contributed by atoms with Gasteiger partial charge in [-0.3, -0.25) is 4.79 Å². The monoisotopic (exact) mass is 264 g/mol. The Morgan fingerprint density at radius 1 is 1.47 bits per heavy atom. The fourth-order valence-electron chi connectivity index (χ4n) is 2.66. The van der Waals surface area contributed by atoms with E-state index in [-0.39, 0.29) is 11.7 Å². The summed E-state index contributed by atoms with van der Waals surface area (Å²) in [6, 6.07) is 5.01. The van der Waals surface area contributed by atoms with Crippen LogP contribution >= 0.6 is 0 Å². The normalized spacial score (nSPS) is 19.2. The summed E-state index contributed by atoms with van der Waals surface area (Å²) in [5.74, 6) is 0.305. The zero-order valence-corrected chi connectivity index (χ0v) is 11.4. The molecule has 1 aliphatic heterocycles. The highest BCUT2D eigenvalue weighted by Gasteiger charge is 2.29. The van der Waals surface area contributed by atoms with E-state index in [0.29, 0.717) is 31.0 Å². The van der Waals surface area contributed by atoms with Crippen molar-refractivity contribution < 1.29 is 9.18 Å². The first kappa shape index (κ1) is 14.0. The fraction of sp³-hybridized carbons (Fsp3) is 0.533. The van der Waals surface area contributed by atoms with Gasteiger partial charge in [0.15, 0.2) is 0 Å². The molecule has 1 aromatic carbocycles. The highest BCUT2D eigenvalue weighted by Crippen LogP contribution is 2.24. The Morgan fingerprint density at radius 3 is 2.89 bits per heavy atom. The van der Waals surface area contributed by atoms with Gasteiger partial charge in [0.25, 0.3) is 0 Å². The second-order valence-electron chi connectivity index (χ2n) is 5.26. The molecule has 0 saturated carbocycles. The first-order chi connectivity index (χ1) is 9.13. The number of amides is 1. The molecular formula is C15H21FN2O. The molecule has 0 bridgehead atoms. The lowest BCUT2D eigenvalue weighted by molar-refractivity contribution is -0.128. The van der Waals surface area contributed by atoms with E-state index in [1.165, 1.54) is 6.07 Å². The van der Waals surface area contributed by atoms with Crippen molar-refractivity contribution in [2.75, 3.05) is 6.54 Å². The molecule has 4 heteroatoms. The van der Waals surface area contributed by atoms with Gasteiger partial charge >= 0.3 is 0 Å². The van der Waals surface area contributed by atoms with Crippen LogP contribution in [0.3, 0.4) is 0 Å². The van der Waals surface area contributed by atoms with Crippen molar-refractivity contribution in [2.24, 2.45) is 11.7 Å². The van der Waals surface area contributed by atoms with E-state index < -0.39 is 0 Å². The topological polar surface area (TPSA) is 46.3 Å². The summed E-state index contributed by atoms with van der Waals surface area (Å²) < 4.78 is 13.9. The van der Waals surface area contributed by atoms with Crippen LogP contribution in [-0.2, 0) is 17.9 Å². The molecule has 0 radical (unpaired) electrons. The van der Waals surface area contributed by atoms with Gasteiger partial charge in [0.05, 0.1) is 0 Å². The smallest absolute Gasteiger partial charge is 0.223 e. The van der Waals surface area contributed by atoms with E-state index in [4.69, 9.17) is 5.73 Å². The van der Waals surface area contributed by atoms with Gasteiger partial charge in [0.1, 0.15) is 5.82 Å². The minimum absolute atomic E-state index is 0.140. The fourth-order valence-corrected chi connectivity index (χ4v) is 2.66. The summed E-state index contributed by atoms with van der Waals surface area (Å²) in [6.07, 6.45) is 2.76. The van der Waals surface area contributed by atoms with Crippen LogP contribution in [0.25, 0.3) is 0 Å². The molecule has 104 valence electrons. The molecule has 1 saturated heterocycles. The SMILES string of the molecule is CCCC1CC(=O)N(Cc2ccc(CN)cc2F)C1. The van der Waals surface area contributed by atoms with Gasteiger partial charge < -0.3 is 10.6 Å². The van der Waals surface area contributed by atoms with Crippen LogP contribution in [0.4, 0.5) is 4.39 Å². The van der Waals surface area contributed by atoms with Crippen LogP contribution in [0.5, 0.6) is 0 Å². The molecule has 1 aliphatic rings. The molecule has 1 fully saturated rings. The average molecular weight is 264 g/mol. The summed E-state index contributed by atoms with van der Waals surface area (Å²) in [4.78, 5) is 13.6. The number of carbonyl (C=O) groups is 1. The lowest BCUT2D eigenvalue weighted by Crippen LogP contribution is -2.25. The minimum Gasteiger partial charge on any atom is -0.338 e. The lowest BCUT2D eigenvalue weighted by atomic mass is 10.0. The van der Waals surface area contributed by atoms with E-state index in [0.717, 1.165) is 24.9 Å². The molecule has 1 atom stereocenters. The Morgan fingerprint density at radius 2 is 2.26 bits per heavy atom. The summed E-state index contributed by atoms with van der Waals surface area (Å²) >= 11 is 0. The molecule has 0 spiro atoms. The minimum atomic E-state index is -0.269. The Bertz CT molecular complexity index is 461. The molecule has 1 heterocycles. The van der Waals surface area contributed by atoms with E-state index in [1.807, 2.05) is 6.07 Å². The Labute approximate surface area is 113 Å². The number of rotatable bonds is 5. The third-order valence-corrected chi connectivity index (χ3v) is 3.71. The highest BCUT2D eigenvalue weighted by molar-refractivity contribution is 5.78. The van der Waals surface area contributed by atoms with E-state index >= 15 is 0 Å². The summed E-state index contributed by atoms with van der Waals surface area (Å²) in [7, 11) is 0. The molecule has 1 amide bonds. The van der Waals surface area contributed by atoms with Crippen molar-refractivity contribution in [1.29, 1.82) is 0 Å². The largest absolute Gasteiger partial charge is 0.338 e. The van der Waals surface area contributed by atoms with Gasteiger partial charge in [-0.1, -0.05) is 25.5 Å². The maximum atomic E-state index is 13.9. The lowest BCUT2D eigenvalue weighted by Gasteiger charge is -2.17. The second-order valence-corrected chi connectivity index (χ2v) is 5.26. The zero-order valence-electron chi connectivity index (χ0n) is 11.4. The second kappa shape index (κ2) is 6.15. The standard InChI is InChI=1S/C15H21FN2O/c1-2-3-12-7-15(19)18(9-12)10-13-5-4-11(8-17)6-14(13)16/h4-6,12H,2-3,7-10,17H2,1H3. The van der Waals surface area contributed by atoms with Crippen molar-refractivity contribution in [3.8, 4) is 0 Å². The van der Waals surface area contributed by atoms with Crippen molar-refractivity contribution in [1.82, 2.24) is 4.90 Å². The molecule has 3 nitrogen and oxygen atoms in total. The van der Waals surface area contributed by atoms with Crippen molar-refractivity contribution in [2.45, 2.75) is 39.3 Å². The highest BCUT2D eigenvalue weighted by atomic mass is 19.1. The molecule has 19 heavy (non-hydrogen) atoms. The van der Waals surface area contributed by atoms with Crippen LogP contribution in [0, 0.1) is 11.7 Å². The first-order valence-corrected chi connectivity index (χ1v) is 6.89. The number of nitrogens with two attached hydrogens (primary N) is 1. The van der Waals surface area contributed by atoms with E-state index in [2.05, 4.69) is 6.92 Å². The molecule has 1 aromatic rings. The van der Waals surface area contributed by atoms with Gasteiger partial charge in [-0.15, -0.1) is 0 Å². The molecule has 2 N–H and O–H groups in total. The van der Waals surface area contributed by atoms with Gasteiger partial charge in [0, 0.05) is 31.6 Å². The number of halogens is 1. The molecule has 0 aromatic heterocycles. The average Bonchev–Trinajstić information content (AvgIpc) is 2.73. The Kier molecular flexibility index (Phi) is 4.53. The van der Waals surface area contributed by atoms with Crippen LogP contribution in [0.2, 0.25) is 0 Å². The van der Waals surface area contributed by atoms with Crippen molar-refractivity contribution in [3.63, 3.8) is 0 Å². The van der Waals surface area contributed by atoms with E-state index in [1.54, 1.807) is 11.0 Å². The number of likely N-dealkylation sites (tertiary alicyclic amines) is 1. The van der Waals surface area contributed by atoms with Gasteiger partial charge in [-0.25, -0.2) is 4.39 Å². The van der Waals surface area contributed by atoms with Crippen LogP contribution in [-0.4, -0.2) is 17.4 Å². The number of hydrogen-bond acceptors (Lipinski definition) is 2. The predicted octanol–water partition coefficient (Wildman–Crippen LogP) is 2.43. The predicted molar refractivity (Wildman–Crippen MR) is 72.7 cm³/mol. The van der Waals surface area contributed by atoms with Gasteiger partial charge in [-0.2, -0.15) is 0 Å². The van der Waals surface area contributed by atoms with Crippen molar-refractivity contribution in [3.05, 3.63) is 35.1 Å². The van der Waals surface area contributed by atoms with Gasteiger partial charge in [-0.05, 0) is 24.0 Å².